The van der Waals surface area contributed by atoms with Crippen LogP contribution in [0, 0.1) is 0 Å². The molecular formula is C19H24N2O3. The van der Waals surface area contributed by atoms with Crippen LogP contribution in [0.25, 0.3) is 0 Å². The smallest absolute Gasteiger partial charge is 0.130 e. The Morgan fingerprint density at radius 1 is 1.21 bits per heavy atom. The zero-order valence-electron chi connectivity index (χ0n) is 14.1. The molecule has 1 aliphatic rings. The van der Waals surface area contributed by atoms with Gasteiger partial charge in [0.2, 0.25) is 0 Å². The molecule has 1 aromatic carbocycles. The maximum atomic E-state index is 5.84. The van der Waals surface area contributed by atoms with Gasteiger partial charge in [-0.3, -0.25) is 9.88 Å². The van der Waals surface area contributed by atoms with Crippen LogP contribution >= 0.6 is 0 Å². The standard InChI is InChI=1S/C19H24N2O3/c1-21(13-19-15-22-9-10-23-19)12-16-5-4-7-18(11-16)24-14-17-6-2-3-8-20-17/h2-8,11,19H,9-10,12-15H2,1H3. The van der Waals surface area contributed by atoms with Gasteiger partial charge < -0.3 is 14.2 Å². The first-order valence-corrected chi connectivity index (χ1v) is 8.29. The molecule has 5 heteroatoms. The quantitative estimate of drug-likeness (QED) is 0.781. The van der Waals surface area contributed by atoms with Crippen molar-refractivity contribution < 1.29 is 14.2 Å². The largest absolute Gasteiger partial charge is 0.487 e. The molecule has 0 saturated carbocycles. The third kappa shape index (κ3) is 5.30. The van der Waals surface area contributed by atoms with Crippen molar-refractivity contribution in [2.75, 3.05) is 33.4 Å². The predicted octanol–water partition coefficient (Wildman–Crippen LogP) is 2.51. The Kier molecular flexibility index (Phi) is 6.18. The van der Waals surface area contributed by atoms with Crippen LogP contribution < -0.4 is 4.74 Å². The van der Waals surface area contributed by atoms with E-state index in [1.54, 1.807) is 6.20 Å². The maximum absolute atomic E-state index is 5.84. The van der Waals surface area contributed by atoms with Gasteiger partial charge in [-0.2, -0.15) is 0 Å². The van der Waals surface area contributed by atoms with E-state index >= 15 is 0 Å². The minimum absolute atomic E-state index is 0.160. The van der Waals surface area contributed by atoms with Gasteiger partial charge in [-0.05, 0) is 36.9 Å². The topological polar surface area (TPSA) is 43.8 Å². The van der Waals surface area contributed by atoms with Crippen LogP contribution in [0.15, 0.2) is 48.7 Å². The number of ether oxygens (including phenoxy) is 3. The fraction of sp³-hybridized carbons (Fsp3) is 0.421. The SMILES string of the molecule is CN(Cc1cccc(OCc2ccccn2)c1)CC1COCCO1. The molecule has 0 bridgehead atoms. The van der Waals surface area contributed by atoms with E-state index in [1.807, 2.05) is 30.3 Å². The fourth-order valence-corrected chi connectivity index (χ4v) is 2.74. The van der Waals surface area contributed by atoms with Crippen LogP contribution in [-0.4, -0.2) is 49.4 Å². The average Bonchev–Trinajstić information content (AvgIpc) is 2.62. The van der Waals surface area contributed by atoms with Crippen molar-refractivity contribution in [3.8, 4) is 5.75 Å². The van der Waals surface area contributed by atoms with Crippen molar-refractivity contribution in [2.45, 2.75) is 19.3 Å². The average molecular weight is 328 g/mol. The van der Waals surface area contributed by atoms with Crippen LogP contribution in [0.3, 0.4) is 0 Å². The maximum Gasteiger partial charge on any atom is 0.130 e. The monoisotopic (exact) mass is 328 g/mol. The summed E-state index contributed by atoms with van der Waals surface area (Å²) in [5, 5.41) is 0. The lowest BCUT2D eigenvalue weighted by Gasteiger charge is -2.27. The molecule has 1 aliphatic heterocycles. The molecule has 24 heavy (non-hydrogen) atoms. The molecular weight excluding hydrogens is 304 g/mol. The lowest BCUT2D eigenvalue weighted by molar-refractivity contribution is -0.0962. The molecule has 1 unspecified atom stereocenters. The van der Waals surface area contributed by atoms with Gasteiger partial charge in [-0.25, -0.2) is 0 Å². The minimum Gasteiger partial charge on any atom is -0.487 e. The normalized spacial score (nSPS) is 17.8. The third-order valence-electron chi connectivity index (χ3n) is 3.86. The van der Waals surface area contributed by atoms with E-state index in [0.717, 1.165) is 24.5 Å². The summed E-state index contributed by atoms with van der Waals surface area (Å²) in [6, 6.07) is 14.0. The van der Waals surface area contributed by atoms with E-state index in [1.165, 1.54) is 5.56 Å². The molecule has 2 heterocycles. The van der Waals surface area contributed by atoms with Gasteiger partial charge in [0.15, 0.2) is 0 Å². The second-order valence-corrected chi connectivity index (χ2v) is 6.02. The number of hydrogen-bond acceptors (Lipinski definition) is 5. The summed E-state index contributed by atoms with van der Waals surface area (Å²) in [6.07, 6.45) is 1.94. The van der Waals surface area contributed by atoms with E-state index in [-0.39, 0.29) is 6.10 Å². The van der Waals surface area contributed by atoms with Gasteiger partial charge in [0.1, 0.15) is 12.4 Å². The van der Waals surface area contributed by atoms with E-state index < -0.39 is 0 Å². The van der Waals surface area contributed by atoms with E-state index in [4.69, 9.17) is 14.2 Å². The molecule has 0 aliphatic carbocycles. The molecule has 0 spiro atoms. The number of benzene rings is 1. The highest BCUT2D eigenvalue weighted by molar-refractivity contribution is 5.28. The first kappa shape index (κ1) is 16.9. The third-order valence-corrected chi connectivity index (χ3v) is 3.86. The van der Waals surface area contributed by atoms with Gasteiger partial charge in [0.25, 0.3) is 0 Å². The summed E-state index contributed by atoms with van der Waals surface area (Å²) in [7, 11) is 2.10. The summed E-state index contributed by atoms with van der Waals surface area (Å²) < 4.78 is 17.0. The summed E-state index contributed by atoms with van der Waals surface area (Å²) >= 11 is 0. The number of pyridine rings is 1. The van der Waals surface area contributed by atoms with Crippen molar-refractivity contribution in [1.29, 1.82) is 0 Å². The zero-order valence-corrected chi connectivity index (χ0v) is 14.1. The first-order chi connectivity index (χ1) is 11.8. The van der Waals surface area contributed by atoms with E-state index in [0.29, 0.717) is 26.4 Å². The lowest BCUT2D eigenvalue weighted by atomic mass is 10.2. The van der Waals surface area contributed by atoms with Gasteiger partial charge >= 0.3 is 0 Å². The van der Waals surface area contributed by atoms with Crippen molar-refractivity contribution >= 4 is 0 Å². The van der Waals surface area contributed by atoms with Crippen LogP contribution in [0.1, 0.15) is 11.3 Å². The molecule has 1 fully saturated rings. The van der Waals surface area contributed by atoms with Crippen molar-refractivity contribution in [2.24, 2.45) is 0 Å². The second kappa shape index (κ2) is 8.78. The van der Waals surface area contributed by atoms with Crippen LogP contribution in [0.2, 0.25) is 0 Å². The number of nitrogens with zero attached hydrogens (tertiary/aromatic N) is 2. The molecule has 1 saturated heterocycles. The first-order valence-electron chi connectivity index (χ1n) is 8.29. The Morgan fingerprint density at radius 3 is 2.96 bits per heavy atom. The molecule has 0 amide bonds. The van der Waals surface area contributed by atoms with Crippen LogP contribution in [-0.2, 0) is 22.6 Å². The van der Waals surface area contributed by atoms with Crippen molar-refractivity contribution in [1.82, 2.24) is 9.88 Å². The molecule has 128 valence electrons. The lowest BCUT2D eigenvalue weighted by Crippen LogP contribution is -2.38. The molecule has 5 nitrogen and oxygen atoms in total. The number of hydrogen-bond donors (Lipinski definition) is 0. The molecule has 1 atom stereocenters. The number of aromatic nitrogens is 1. The molecule has 0 N–H and O–H groups in total. The highest BCUT2D eigenvalue weighted by Gasteiger charge is 2.16. The summed E-state index contributed by atoms with van der Waals surface area (Å²) in [5.74, 6) is 0.865. The minimum atomic E-state index is 0.160. The second-order valence-electron chi connectivity index (χ2n) is 6.02. The Morgan fingerprint density at radius 2 is 2.17 bits per heavy atom. The highest BCUT2D eigenvalue weighted by Crippen LogP contribution is 2.16. The highest BCUT2D eigenvalue weighted by atomic mass is 16.6. The van der Waals surface area contributed by atoms with Gasteiger partial charge in [-0.1, -0.05) is 18.2 Å². The fourth-order valence-electron chi connectivity index (χ4n) is 2.74. The summed E-state index contributed by atoms with van der Waals surface area (Å²) in [5.41, 5.74) is 2.14. The molecule has 2 aromatic rings. The van der Waals surface area contributed by atoms with Crippen molar-refractivity contribution in [3.63, 3.8) is 0 Å². The number of rotatable bonds is 7. The summed E-state index contributed by atoms with van der Waals surface area (Å²) in [4.78, 5) is 6.52. The Hall–Kier alpha value is -1.95. The van der Waals surface area contributed by atoms with E-state index in [9.17, 15) is 0 Å². The molecule has 3 rings (SSSR count). The number of likely N-dealkylation sites (N-methyl/N-ethyl adjacent to an activating group) is 1. The summed E-state index contributed by atoms with van der Waals surface area (Å²) in [6.45, 7) is 4.26. The van der Waals surface area contributed by atoms with Crippen LogP contribution in [0.5, 0.6) is 5.75 Å². The van der Waals surface area contributed by atoms with Gasteiger partial charge in [0.05, 0.1) is 31.6 Å². The Labute approximate surface area is 143 Å². The Balaban J connectivity index is 1.50. The predicted molar refractivity (Wildman–Crippen MR) is 91.9 cm³/mol. The van der Waals surface area contributed by atoms with Crippen LogP contribution in [0.4, 0.5) is 0 Å². The van der Waals surface area contributed by atoms with Gasteiger partial charge in [-0.15, -0.1) is 0 Å². The van der Waals surface area contributed by atoms with Gasteiger partial charge in [0, 0.05) is 19.3 Å². The van der Waals surface area contributed by atoms with Crippen molar-refractivity contribution in [3.05, 3.63) is 59.9 Å². The Bertz CT molecular complexity index is 615. The molecule has 0 radical (unpaired) electrons. The molecule has 1 aromatic heterocycles. The van der Waals surface area contributed by atoms with E-state index in [2.05, 4.69) is 29.1 Å². The zero-order chi connectivity index (χ0) is 16.6.